The summed E-state index contributed by atoms with van der Waals surface area (Å²) >= 11 is 3.15. The quantitative estimate of drug-likeness (QED) is 0.899. The van der Waals surface area contributed by atoms with Crippen molar-refractivity contribution >= 4 is 21.9 Å². The molecule has 0 aliphatic heterocycles. The number of carboxylic acid groups (broad SMARTS) is 1. The number of hydrogen-bond acceptors (Lipinski definition) is 2. The van der Waals surface area contributed by atoms with Gasteiger partial charge >= 0.3 is 5.97 Å². The van der Waals surface area contributed by atoms with Crippen LogP contribution in [0.5, 0.6) is 0 Å². The summed E-state index contributed by atoms with van der Waals surface area (Å²) in [4.78, 5) is 10.8. The molecule has 0 saturated carbocycles. The second-order valence-electron chi connectivity index (χ2n) is 4.10. The molecule has 0 amide bonds. The van der Waals surface area contributed by atoms with E-state index in [1.165, 1.54) is 25.1 Å². The first kappa shape index (κ1) is 14.1. The van der Waals surface area contributed by atoms with Gasteiger partial charge in [0, 0.05) is 4.47 Å². The van der Waals surface area contributed by atoms with Crippen LogP contribution in [0.15, 0.2) is 22.7 Å². The molecule has 3 unspecified atom stereocenters. The van der Waals surface area contributed by atoms with E-state index in [0.29, 0.717) is 10.0 Å². The molecule has 3 atom stereocenters. The molecule has 1 rings (SSSR count). The highest BCUT2D eigenvalue weighted by Crippen LogP contribution is 2.32. The average molecular weight is 305 g/mol. The number of aliphatic hydroxyl groups is 1. The zero-order valence-corrected chi connectivity index (χ0v) is 11.1. The van der Waals surface area contributed by atoms with Crippen LogP contribution in [0.3, 0.4) is 0 Å². The van der Waals surface area contributed by atoms with Crippen LogP contribution < -0.4 is 0 Å². The lowest BCUT2D eigenvalue weighted by atomic mass is 9.87. The van der Waals surface area contributed by atoms with Gasteiger partial charge in [-0.1, -0.05) is 35.8 Å². The molecule has 0 aliphatic rings. The monoisotopic (exact) mass is 304 g/mol. The Hall–Kier alpha value is -0.940. The van der Waals surface area contributed by atoms with Gasteiger partial charge in [-0.05, 0) is 23.6 Å². The van der Waals surface area contributed by atoms with Gasteiger partial charge in [0.15, 0.2) is 0 Å². The van der Waals surface area contributed by atoms with Crippen LogP contribution in [-0.4, -0.2) is 16.2 Å². The van der Waals surface area contributed by atoms with Crippen LogP contribution >= 0.6 is 15.9 Å². The Kier molecular flexibility index (Phi) is 4.65. The minimum atomic E-state index is -0.963. The molecule has 2 N–H and O–H groups in total. The summed E-state index contributed by atoms with van der Waals surface area (Å²) in [5.74, 6) is -2.52. The molecule has 0 aromatic heterocycles. The van der Waals surface area contributed by atoms with Crippen molar-refractivity contribution in [3.63, 3.8) is 0 Å². The van der Waals surface area contributed by atoms with Gasteiger partial charge in [0.2, 0.25) is 0 Å². The summed E-state index contributed by atoms with van der Waals surface area (Å²) in [5.41, 5.74) is 0.493. The number of halogens is 2. The maximum atomic E-state index is 12.9. The maximum absolute atomic E-state index is 12.9. The fraction of sp³-hybridized carbons (Fsp3) is 0.417. The van der Waals surface area contributed by atoms with Gasteiger partial charge < -0.3 is 10.2 Å². The second kappa shape index (κ2) is 5.60. The lowest BCUT2D eigenvalue weighted by Crippen LogP contribution is -2.24. The fourth-order valence-electron chi connectivity index (χ4n) is 1.52. The normalized spacial score (nSPS) is 16.3. The van der Waals surface area contributed by atoms with Crippen LogP contribution in [0.2, 0.25) is 0 Å². The van der Waals surface area contributed by atoms with E-state index in [9.17, 15) is 14.3 Å². The Labute approximate surface area is 107 Å². The van der Waals surface area contributed by atoms with Gasteiger partial charge in [-0.25, -0.2) is 4.39 Å². The van der Waals surface area contributed by atoms with Crippen molar-refractivity contribution in [2.75, 3.05) is 0 Å². The Morgan fingerprint density at radius 3 is 2.47 bits per heavy atom. The molecule has 1 aromatic carbocycles. The number of aliphatic hydroxyl groups excluding tert-OH is 1. The molecule has 0 spiro atoms. The van der Waals surface area contributed by atoms with E-state index in [1.807, 2.05) is 0 Å². The van der Waals surface area contributed by atoms with Crippen molar-refractivity contribution < 1.29 is 19.4 Å². The van der Waals surface area contributed by atoms with Gasteiger partial charge in [-0.2, -0.15) is 0 Å². The van der Waals surface area contributed by atoms with Gasteiger partial charge in [0.25, 0.3) is 0 Å². The van der Waals surface area contributed by atoms with Crippen LogP contribution in [0.25, 0.3) is 0 Å². The summed E-state index contributed by atoms with van der Waals surface area (Å²) in [7, 11) is 0. The number of rotatable bonds is 4. The molecule has 5 heteroatoms. The molecule has 0 fully saturated rings. The molecule has 94 valence electrons. The lowest BCUT2D eigenvalue weighted by Gasteiger charge is -2.23. The fourth-order valence-corrected chi connectivity index (χ4v) is 2.11. The van der Waals surface area contributed by atoms with Crippen LogP contribution in [0, 0.1) is 17.7 Å². The predicted molar refractivity (Wildman–Crippen MR) is 65.0 cm³/mol. The second-order valence-corrected chi connectivity index (χ2v) is 4.95. The minimum absolute atomic E-state index is 0.410. The summed E-state index contributed by atoms with van der Waals surface area (Å²) in [6.45, 7) is 3.19. The molecule has 0 heterocycles. The standard InChI is InChI=1S/C12H14BrFO3/c1-6(7(2)12(16)17)11(15)9-4-3-8(14)5-10(9)13/h3-7,11,15H,1-2H3,(H,16,17). The zero-order chi connectivity index (χ0) is 13.2. The Balaban J connectivity index is 2.96. The van der Waals surface area contributed by atoms with E-state index in [4.69, 9.17) is 5.11 Å². The van der Waals surface area contributed by atoms with E-state index >= 15 is 0 Å². The van der Waals surface area contributed by atoms with E-state index in [-0.39, 0.29) is 0 Å². The third kappa shape index (κ3) is 3.26. The van der Waals surface area contributed by atoms with Gasteiger partial charge in [-0.3, -0.25) is 4.79 Å². The van der Waals surface area contributed by atoms with Gasteiger partial charge in [0.1, 0.15) is 5.82 Å². The molecule has 3 nitrogen and oxygen atoms in total. The van der Waals surface area contributed by atoms with E-state index in [2.05, 4.69) is 15.9 Å². The minimum Gasteiger partial charge on any atom is -0.481 e. The summed E-state index contributed by atoms with van der Waals surface area (Å²) in [5, 5.41) is 18.9. The topological polar surface area (TPSA) is 57.5 Å². The Morgan fingerprint density at radius 1 is 1.41 bits per heavy atom. The summed E-state index contributed by atoms with van der Waals surface area (Å²) in [6.07, 6.45) is -0.948. The van der Waals surface area contributed by atoms with E-state index < -0.39 is 29.7 Å². The number of hydrogen-bond donors (Lipinski definition) is 2. The van der Waals surface area contributed by atoms with Crippen LogP contribution in [0.1, 0.15) is 25.5 Å². The summed E-state index contributed by atoms with van der Waals surface area (Å²) < 4.78 is 13.3. The smallest absolute Gasteiger partial charge is 0.306 e. The predicted octanol–water partition coefficient (Wildman–Crippen LogP) is 2.98. The zero-order valence-electron chi connectivity index (χ0n) is 9.52. The largest absolute Gasteiger partial charge is 0.481 e. The molecule has 0 aliphatic carbocycles. The lowest BCUT2D eigenvalue weighted by molar-refractivity contribution is -0.144. The van der Waals surface area contributed by atoms with Crippen molar-refractivity contribution in [2.24, 2.45) is 11.8 Å². The van der Waals surface area contributed by atoms with Crippen molar-refractivity contribution in [1.82, 2.24) is 0 Å². The van der Waals surface area contributed by atoms with E-state index in [1.54, 1.807) is 6.92 Å². The SMILES string of the molecule is CC(C(=O)O)C(C)C(O)c1ccc(F)cc1Br. The highest BCUT2D eigenvalue weighted by molar-refractivity contribution is 9.10. The average Bonchev–Trinajstić information content (AvgIpc) is 2.26. The first-order chi connectivity index (χ1) is 7.84. The molecule has 0 bridgehead atoms. The number of aliphatic carboxylic acids is 1. The van der Waals surface area contributed by atoms with Crippen molar-refractivity contribution in [1.29, 1.82) is 0 Å². The Bertz CT molecular complexity index is 422. The Morgan fingerprint density at radius 2 is 2.00 bits per heavy atom. The first-order valence-corrected chi connectivity index (χ1v) is 5.99. The van der Waals surface area contributed by atoms with Gasteiger partial charge in [-0.15, -0.1) is 0 Å². The van der Waals surface area contributed by atoms with Crippen molar-refractivity contribution in [3.8, 4) is 0 Å². The number of carboxylic acids is 1. The van der Waals surface area contributed by atoms with Crippen molar-refractivity contribution in [2.45, 2.75) is 20.0 Å². The third-order valence-corrected chi connectivity index (χ3v) is 3.64. The molecule has 0 radical (unpaired) electrons. The van der Waals surface area contributed by atoms with E-state index in [0.717, 1.165) is 0 Å². The first-order valence-electron chi connectivity index (χ1n) is 5.20. The van der Waals surface area contributed by atoms with Crippen molar-refractivity contribution in [3.05, 3.63) is 34.1 Å². The molecule has 0 saturated heterocycles. The van der Waals surface area contributed by atoms with Gasteiger partial charge in [0.05, 0.1) is 12.0 Å². The summed E-state index contributed by atoms with van der Waals surface area (Å²) in [6, 6.07) is 3.94. The maximum Gasteiger partial charge on any atom is 0.306 e. The third-order valence-electron chi connectivity index (χ3n) is 2.96. The highest BCUT2D eigenvalue weighted by atomic mass is 79.9. The molecule has 1 aromatic rings. The molecule has 17 heavy (non-hydrogen) atoms. The highest BCUT2D eigenvalue weighted by Gasteiger charge is 2.28. The molecular weight excluding hydrogens is 291 g/mol. The van der Waals surface area contributed by atoms with Crippen LogP contribution in [-0.2, 0) is 4.79 Å². The van der Waals surface area contributed by atoms with Crippen LogP contribution in [0.4, 0.5) is 4.39 Å². The number of carbonyl (C=O) groups is 1. The molecular formula is C12H14BrFO3. The number of benzene rings is 1.